The highest BCUT2D eigenvalue weighted by Gasteiger charge is 2.44. The van der Waals surface area contributed by atoms with Crippen LogP contribution in [0.25, 0.3) is 0 Å². The number of aliphatic hydroxyl groups is 2. The van der Waals surface area contributed by atoms with E-state index in [1.165, 1.54) is 0 Å². The Morgan fingerprint density at radius 2 is 2.06 bits per heavy atom. The number of hydrogen-bond donors (Lipinski definition) is 2. The molecule has 0 aromatic rings. The molecule has 0 saturated carbocycles. The Bertz CT molecular complexity index is 218. The van der Waals surface area contributed by atoms with Gasteiger partial charge in [0.1, 0.15) is 0 Å². The first-order valence-corrected chi connectivity index (χ1v) is 6.26. The van der Waals surface area contributed by atoms with Crippen molar-refractivity contribution >= 4 is 0 Å². The van der Waals surface area contributed by atoms with E-state index < -0.39 is 11.9 Å². The molecule has 4 nitrogen and oxygen atoms in total. The molecule has 0 aromatic heterocycles. The van der Waals surface area contributed by atoms with Crippen LogP contribution < -0.4 is 0 Å². The Morgan fingerprint density at radius 3 is 2.56 bits per heavy atom. The molecule has 94 valence electrons. The fourth-order valence-electron chi connectivity index (χ4n) is 2.53. The van der Waals surface area contributed by atoms with E-state index in [0.29, 0.717) is 18.9 Å². The highest BCUT2D eigenvalue weighted by Crippen LogP contribution is 2.38. The molecule has 0 bridgehead atoms. The number of hydrogen-bond acceptors (Lipinski definition) is 4. The minimum absolute atomic E-state index is 0.0190. The van der Waals surface area contributed by atoms with Gasteiger partial charge >= 0.3 is 0 Å². The largest absolute Gasteiger partial charge is 0.396 e. The third kappa shape index (κ3) is 2.40. The summed E-state index contributed by atoms with van der Waals surface area (Å²) in [6.07, 6.45) is 3.09. The second-order valence-electron chi connectivity index (χ2n) is 5.06. The quantitative estimate of drug-likeness (QED) is 0.740. The summed E-state index contributed by atoms with van der Waals surface area (Å²) in [5.41, 5.74) is 0. The van der Waals surface area contributed by atoms with Gasteiger partial charge in [0.15, 0.2) is 5.79 Å². The minimum Gasteiger partial charge on any atom is -0.396 e. The molecule has 4 heteroatoms. The molecular formula is C12H22O4. The van der Waals surface area contributed by atoms with Crippen molar-refractivity contribution in [3.8, 4) is 0 Å². The summed E-state index contributed by atoms with van der Waals surface area (Å²) < 4.78 is 11.5. The Kier molecular flexibility index (Phi) is 3.85. The van der Waals surface area contributed by atoms with E-state index in [0.717, 1.165) is 25.9 Å². The smallest absolute Gasteiger partial charge is 0.170 e. The zero-order chi connectivity index (χ0) is 11.6. The van der Waals surface area contributed by atoms with E-state index in [1.54, 1.807) is 0 Å². The first kappa shape index (κ1) is 12.3. The molecule has 2 N–H and O–H groups in total. The van der Waals surface area contributed by atoms with E-state index in [-0.39, 0.29) is 12.5 Å². The lowest BCUT2D eigenvalue weighted by molar-refractivity contribution is -0.307. The normalized spacial score (nSPS) is 44.8. The zero-order valence-corrected chi connectivity index (χ0v) is 9.89. The third-order valence-electron chi connectivity index (χ3n) is 3.95. The van der Waals surface area contributed by atoms with Crippen molar-refractivity contribution < 1.29 is 19.7 Å². The van der Waals surface area contributed by atoms with Gasteiger partial charge in [-0.2, -0.15) is 0 Å². The van der Waals surface area contributed by atoms with Crippen molar-refractivity contribution in [1.82, 2.24) is 0 Å². The van der Waals surface area contributed by atoms with Crippen LogP contribution >= 0.6 is 0 Å². The van der Waals surface area contributed by atoms with Crippen LogP contribution in [0, 0.1) is 11.8 Å². The van der Waals surface area contributed by atoms with Crippen LogP contribution in [0.4, 0.5) is 0 Å². The Labute approximate surface area is 96.6 Å². The molecule has 4 atom stereocenters. The minimum atomic E-state index is -0.573. The highest BCUT2D eigenvalue weighted by molar-refractivity contribution is 4.87. The second kappa shape index (κ2) is 5.00. The van der Waals surface area contributed by atoms with Crippen molar-refractivity contribution in [1.29, 1.82) is 0 Å². The summed E-state index contributed by atoms with van der Waals surface area (Å²) in [5, 5.41) is 18.9. The van der Waals surface area contributed by atoms with Gasteiger partial charge in [-0.1, -0.05) is 13.3 Å². The monoisotopic (exact) mass is 230 g/mol. The number of aliphatic hydroxyl groups excluding tert-OH is 2. The Hall–Kier alpha value is -0.160. The highest BCUT2D eigenvalue weighted by atomic mass is 16.7. The standard InChI is InChI=1S/C12H22O4/c1-2-9-3-4-12(15-7-9)5-11(14)10(6-13)8-16-12/h9-11,13-14H,2-8H2,1H3/t9-,10-,11-,12-/m1/s1. The molecule has 1 spiro atoms. The molecule has 2 heterocycles. The van der Waals surface area contributed by atoms with Crippen LogP contribution in [0.2, 0.25) is 0 Å². The Balaban J connectivity index is 1.91. The molecule has 2 fully saturated rings. The van der Waals surface area contributed by atoms with Crippen LogP contribution in [-0.4, -0.2) is 41.9 Å². The van der Waals surface area contributed by atoms with E-state index in [9.17, 15) is 5.11 Å². The van der Waals surface area contributed by atoms with E-state index in [4.69, 9.17) is 14.6 Å². The van der Waals surface area contributed by atoms with Gasteiger partial charge in [0, 0.05) is 18.8 Å². The molecule has 2 aliphatic rings. The lowest BCUT2D eigenvalue weighted by Crippen LogP contribution is -2.51. The summed E-state index contributed by atoms with van der Waals surface area (Å²) in [4.78, 5) is 0. The van der Waals surface area contributed by atoms with Gasteiger partial charge in [0.25, 0.3) is 0 Å². The van der Waals surface area contributed by atoms with Gasteiger partial charge in [0.05, 0.1) is 25.9 Å². The average molecular weight is 230 g/mol. The van der Waals surface area contributed by atoms with Crippen LogP contribution in [0.15, 0.2) is 0 Å². The summed E-state index contributed by atoms with van der Waals surface area (Å²) in [7, 11) is 0. The fraction of sp³-hybridized carbons (Fsp3) is 1.00. The molecule has 0 aliphatic carbocycles. The van der Waals surface area contributed by atoms with Crippen LogP contribution in [0.5, 0.6) is 0 Å². The van der Waals surface area contributed by atoms with Crippen LogP contribution in [0.1, 0.15) is 32.6 Å². The van der Waals surface area contributed by atoms with Gasteiger partial charge in [-0.05, 0) is 12.3 Å². The molecule has 2 aliphatic heterocycles. The SMILES string of the molecule is CC[C@@H]1CC[C@@]2(C[C@@H](O)[C@H](CO)CO2)OC1. The van der Waals surface area contributed by atoms with Crippen molar-refractivity contribution in [2.75, 3.05) is 19.8 Å². The summed E-state index contributed by atoms with van der Waals surface area (Å²) in [6.45, 7) is 3.28. The predicted octanol–water partition coefficient (Wildman–Crippen LogP) is 0.909. The van der Waals surface area contributed by atoms with Crippen molar-refractivity contribution in [3.63, 3.8) is 0 Å². The molecule has 0 unspecified atom stereocenters. The van der Waals surface area contributed by atoms with Crippen LogP contribution in [-0.2, 0) is 9.47 Å². The van der Waals surface area contributed by atoms with Gasteiger partial charge in [-0.15, -0.1) is 0 Å². The first-order chi connectivity index (χ1) is 7.69. The zero-order valence-electron chi connectivity index (χ0n) is 9.89. The first-order valence-electron chi connectivity index (χ1n) is 6.26. The maximum absolute atomic E-state index is 9.89. The molecule has 0 amide bonds. The van der Waals surface area contributed by atoms with Gasteiger partial charge < -0.3 is 19.7 Å². The average Bonchev–Trinajstić information content (AvgIpc) is 2.30. The summed E-state index contributed by atoms with van der Waals surface area (Å²) >= 11 is 0. The molecule has 2 saturated heterocycles. The van der Waals surface area contributed by atoms with Crippen molar-refractivity contribution in [3.05, 3.63) is 0 Å². The summed E-state index contributed by atoms with van der Waals surface area (Å²) in [5.74, 6) is -0.100. The lowest BCUT2D eigenvalue weighted by Gasteiger charge is -2.45. The maximum Gasteiger partial charge on any atom is 0.170 e. The maximum atomic E-state index is 9.89. The Morgan fingerprint density at radius 1 is 1.31 bits per heavy atom. The molecule has 0 radical (unpaired) electrons. The van der Waals surface area contributed by atoms with Gasteiger partial charge in [-0.3, -0.25) is 0 Å². The van der Waals surface area contributed by atoms with E-state index >= 15 is 0 Å². The van der Waals surface area contributed by atoms with Crippen LogP contribution in [0.3, 0.4) is 0 Å². The van der Waals surface area contributed by atoms with Crippen molar-refractivity contribution in [2.45, 2.75) is 44.5 Å². The topological polar surface area (TPSA) is 58.9 Å². The third-order valence-corrected chi connectivity index (χ3v) is 3.95. The van der Waals surface area contributed by atoms with E-state index in [1.807, 2.05) is 0 Å². The number of ether oxygens (including phenoxy) is 2. The lowest BCUT2D eigenvalue weighted by atomic mass is 9.86. The number of rotatable bonds is 2. The second-order valence-corrected chi connectivity index (χ2v) is 5.06. The fourth-order valence-corrected chi connectivity index (χ4v) is 2.53. The van der Waals surface area contributed by atoms with Gasteiger partial charge in [-0.25, -0.2) is 0 Å². The molecule has 2 rings (SSSR count). The summed E-state index contributed by atoms with van der Waals surface area (Å²) in [6, 6.07) is 0. The molecular weight excluding hydrogens is 208 g/mol. The van der Waals surface area contributed by atoms with Gasteiger partial charge in [0.2, 0.25) is 0 Å². The molecule has 16 heavy (non-hydrogen) atoms. The van der Waals surface area contributed by atoms with E-state index in [2.05, 4.69) is 6.92 Å². The van der Waals surface area contributed by atoms with Crippen molar-refractivity contribution in [2.24, 2.45) is 11.8 Å². The predicted molar refractivity (Wildman–Crippen MR) is 58.8 cm³/mol. The molecule has 0 aromatic carbocycles.